The molecule has 1 atom stereocenters. The second kappa shape index (κ2) is 7.25. The van der Waals surface area contributed by atoms with Gasteiger partial charge in [0.05, 0.1) is 0 Å². The quantitative estimate of drug-likeness (QED) is 0.742. The molecule has 0 saturated carbocycles. The third kappa shape index (κ3) is 3.94. The highest BCUT2D eigenvalue weighted by Crippen LogP contribution is 2.29. The summed E-state index contributed by atoms with van der Waals surface area (Å²) in [5, 5.41) is 0. The van der Waals surface area contributed by atoms with E-state index in [4.69, 9.17) is 0 Å². The summed E-state index contributed by atoms with van der Waals surface area (Å²) in [5.41, 5.74) is 2.84. The zero-order valence-electron chi connectivity index (χ0n) is 12.8. The molecule has 0 fully saturated rings. The minimum absolute atomic E-state index is 0.500. The highest BCUT2D eigenvalue weighted by molar-refractivity contribution is 5.32. The molecule has 2 rings (SSSR count). The van der Waals surface area contributed by atoms with Crippen molar-refractivity contribution in [3.05, 3.63) is 71.8 Å². The highest BCUT2D eigenvalue weighted by Gasteiger charge is 2.15. The van der Waals surface area contributed by atoms with Crippen LogP contribution in [0.2, 0.25) is 0 Å². The Morgan fingerprint density at radius 1 is 0.750 bits per heavy atom. The molecule has 20 heavy (non-hydrogen) atoms. The summed E-state index contributed by atoms with van der Waals surface area (Å²) in [6.45, 7) is 2.30. The van der Waals surface area contributed by atoms with Crippen LogP contribution in [0.3, 0.4) is 0 Å². The molecule has 0 N–H and O–H groups in total. The maximum atomic E-state index is 2.30. The molecule has 0 heterocycles. The molecule has 0 aliphatic heterocycles. The second-order valence-electron chi connectivity index (χ2n) is 5.76. The molecule has 0 saturated heterocycles. The van der Waals surface area contributed by atoms with Gasteiger partial charge in [0, 0.05) is 12.0 Å². The normalized spacial score (nSPS) is 12.8. The minimum Gasteiger partial charge on any atom is -0.307 e. The number of benzene rings is 2. The monoisotopic (exact) mass is 267 g/mol. The van der Waals surface area contributed by atoms with E-state index in [-0.39, 0.29) is 0 Å². The molecule has 0 aliphatic rings. The maximum absolute atomic E-state index is 2.30. The van der Waals surface area contributed by atoms with Gasteiger partial charge in [0.15, 0.2) is 0 Å². The number of nitrogens with zero attached hydrogens (tertiary/aromatic N) is 1. The lowest BCUT2D eigenvalue weighted by atomic mass is 9.86. The van der Waals surface area contributed by atoms with Crippen LogP contribution in [-0.2, 0) is 0 Å². The van der Waals surface area contributed by atoms with Crippen molar-refractivity contribution in [1.82, 2.24) is 4.90 Å². The maximum Gasteiger partial charge on any atom is 0.00899 e. The van der Waals surface area contributed by atoms with E-state index in [9.17, 15) is 0 Å². The van der Waals surface area contributed by atoms with Crippen LogP contribution in [0.4, 0.5) is 0 Å². The van der Waals surface area contributed by atoms with Gasteiger partial charge in [0.2, 0.25) is 0 Å². The Kier molecular flexibility index (Phi) is 5.37. The van der Waals surface area contributed by atoms with E-state index >= 15 is 0 Å². The summed E-state index contributed by atoms with van der Waals surface area (Å²) >= 11 is 0. The van der Waals surface area contributed by atoms with Crippen LogP contribution in [0, 0.1) is 0 Å². The lowest BCUT2D eigenvalue weighted by molar-refractivity contribution is 0.291. The van der Waals surface area contributed by atoms with Crippen molar-refractivity contribution in [2.45, 2.75) is 31.7 Å². The van der Waals surface area contributed by atoms with Gasteiger partial charge >= 0.3 is 0 Å². The molecule has 2 aromatic carbocycles. The average Bonchev–Trinajstić information content (AvgIpc) is 2.49. The summed E-state index contributed by atoms with van der Waals surface area (Å²) in [4.78, 5) is 2.30. The molecule has 1 heteroatoms. The Morgan fingerprint density at radius 2 is 1.20 bits per heavy atom. The Morgan fingerprint density at radius 3 is 1.60 bits per heavy atom. The zero-order valence-corrected chi connectivity index (χ0v) is 12.8. The molecule has 0 aliphatic carbocycles. The molecular weight excluding hydrogens is 242 g/mol. The first-order chi connectivity index (χ1) is 9.68. The molecule has 2 aromatic rings. The van der Waals surface area contributed by atoms with Crippen molar-refractivity contribution in [2.24, 2.45) is 0 Å². The average molecular weight is 267 g/mol. The summed E-state index contributed by atoms with van der Waals surface area (Å²) in [7, 11) is 4.31. The first-order valence-electron chi connectivity index (χ1n) is 7.45. The lowest BCUT2D eigenvalue weighted by Crippen LogP contribution is -2.25. The van der Waals surface area contributed by atoms with Gasteiger partial charge in [-0.15, -0.1) is 0 Å². The highest BCUT2D eigenvalue weighted by atomic mass is 15.1. The molecule has 0 radical (unpaired) electrons. The van der Waals surface area contributed by atoms with Crippen LogP contribution in [0.15, 0.2) is 60.7 Å². The molecular formula is C19H25N. The molecule has 0 aromatic heterocycles. The van der Waals surface area contributed by atoms with Crippen LogP contribution in [0.5, 0.6) is 0 Å². The number of rotatable bonds is 6. The summed E-state index contributed by atoms with van der Waals surface area (Å²) in [6.07, 6.45) is 2.40. The van der Waals surface area contributed by atoms with E-state index in [0.717, 1.165) is 0 Å². The van der Waals surface area contributed by atoms with Gasteiger partial charge in [-0.05, 0) is 45.0 Å². The molecule has 1 nitrogen and oxygen atoms in total. The summed E-state index contributed by atoms with van der Waals surface area (Å²) in [6, 6.07) is 22.3. The van der Waals surface area contributed by atoms with Gasteiger partial charge in [0.1, 0.15) is 0 Å². The fourth-order valence-electron chi connectivity index (χ4n) is 2.56. The smallest absolute Gasteiger partial charge is 0.00899 e. The van der Waals surface area contributed by atoms with E-state index in [0.29, 0.717) is 12.0 Å². The van der Waals surface area contributed by atoms with Gasteiger partial charge in [0.25, 0.3) is 0 Å². The van der Waals surface area contributed by atoms with Crippen molar-refractivity contribution in [3.63, 3.8) is 0 Å². The Hall–Kier alpha value is -1.60. The van der Waals surface area contributed by atoms with Crippen molar-refractivity contribution in [2.75, 3.05) is 14.1 Å². The predicted molar refractivity (Wildman–Crippen MR) is 87.1 cm³/mol. The van der Waals surface area contributed by atoms with Crippen molar-refractivity contribution >= 4 is 0 Å². The van der Waals surface area contributed by atoms with Crippen LogP contribution in [-0.4, -0.2) is 25.0 Å². The van der Waals surface area contributed by atoms with Gasteiger partial charge in [-0.3, -0.25) is 0 Å². The Balaban J connectivity index is 2.17. The van der Waals surface area contributed by atoms with E-state index in [1.54, 1.807) is 0 Å². The van der Waals surface area contributed by atoms with Gasteiger partial charge in [-0.25, -0.2) is 0 Å². The van der Waals surface area contributed by atoms with E-state index in [1.807, 2.05) is 0 Å². The first kappa shape index (κ1) is 14.8. The molecule has 106 valence electrons. The van der Waals surface area contributed by atoms with Crippen molar-refractivity contribution < 1.29 is 0 Å². The Labute approximate surface area is 123 Å². The standard InChI is InChI=1S/C19H25N/c1-16(20(2)3)14-15-19(17-10-6-4-7-11-17)18-12-8-5-9-13-18/h4-13,16,19H,14-15H2,1-3H3. The molecule has 1 unspecified atom stereocenters. The van der Waals surface area contributed by atoms with Crippen LogP contribution in [0.1, 0.15) is 36.8 Å². The topological polar surface area (TPSA) is 3.24 Å². The van der Waals surface area contributed by atoms with Gasteiger partial charge in [-0.1, -0.05) is 60.7 Å². The summed E-state index contributed by atoms with van der Waals surface area (Å²) < 4.78 is 0. The van der Waals surface area contributed by atoms with E-state index in [2.05, 4.69) is 86.6 Å². The first-order valence-corrected chi connectivity index (χ1v) is 7.45. The lowest BCUT2D eigenvalue weighted by Gasteiger charge is -2.24. The van der Waals surface area contributed by atoms with Crippen LogP contribution >= 0.6 is 0 Å². The van der Waals surface area contributed by atoms with Crippen LogP contribution in [0.25, 0.3) is 0 Å². The number of hydrogen-bond acceptors (Lipinski definition) is 1. The Bertz CT molecular complexity index is 450. The summed E-state index contributed by atoms with van der Waals surface area (Å²) in [5.74, 6) is 0.500. The minimum atomic E-state index is 0.500. The third-order valence-corrected chi connectivity index (χ3v) is 4.16. The van der Waals surface area contributed by atoms with Crippen molar-refractivity contribution in [1.29, 1.82) is 0 Å². The third-order valence-electron chi connectivity index (χ3n) is 4.16. The SMILES string of the molecule is CC(CCC(c1ccccc1)c1ccccc1)N(C)C. The van der Waals surface area contributed by atoms with Crippen LogP contribution < -0.4 is 0 Å². The predicted octanol–water partition coefficient (Wildman–Crippen LogP) is 4.55. The largest absolute Gasteiger partial charge is 0.307 e. The molecule has 0 spiro atoms. The van der Waals surface area contributed by atoms with Crippen molar-refractivity contribution in [3.8, 4) is 0 Å². The zero-order chi connectivity index (χ0) is 14.4. The van der Waals surface area contributed by atoms with Gasteiger partial charge < -0.3 is 4.90 Å². The van der Waals surface area contributed by atoms with E-state index in [1.165, 1.54) is 24.0 Å². The second-order valence-corrected chi connectivity index (χ2v) is 5.76. The molecule has 0 amide bonds. The van der Waals surface area contributed by atoms with E-state index < -0.39 is 0 Å². The number of hydrogen-bond donors (Lipinski definition) is 0. The fourth-order valence-corrected chi connectivity index (χ4v) is 2.56. The fraction of sp³-hybridized carbons (Fsp3) is 0.368. The van der Waals surface area contributed by atoms with Gasteiger partial charge in [-0.2, -0.15) is 0 Å². The molecule has 0 bridgehead atoms.